The summed E-state index contributed by atoms with van der Waals surface area (Å²) in [5.74, 6) is -1.10. The van der Waals surface area contributed by atoms with Crippen molar-refractivity contribution >= 4 is 21.8 Å². The van der Waals surface area contributed by atoms with Gasteiger partial charge in [0.25, 0.3) is 10.1 Å². The van der Waals surface area contributed by atoms with Crippen LogP contribution in [0.5, 0.6) is 0 Å². The van der Waals surface area contributed by atoms with Crippen LogP contribution in [0.3, 0.4) is 0 Å². The van der Waals surface area contributed by atoms with Gasteiger partial charge in [-0.25, -0.2) is 9.18 Å². The molecule has 0 aromatic heterocycles. The molecule has 122 valence electrons. The summed E-state index contributed by atoms with van der Waals surface area (Å²) < 4.78 is 45.8. The Morgan fingerprint density at radius 2 is 1.95 bits per heavy atom. The van der Waals surface area contributed by atoms with Crippen molar-refractivity contribution in [2.24, 2.45) is 0 Å². The fourth-order valence-electron chi connectivity index (χ4n) is 2.45. The molecule has 1 aromatic rings. The summed E-state index contributed by atoms with van der Waals surface area (Å²) in [4.78, 5) is 13.2. The number of hydrogen-bond acceptors (Lipinski definition) is 6. The van der Waals surface area contributed by atoms with E-state index >= 15 is 0 Å². The number of ether oxygens (including phenoxy) is 1. The molecular formula is C14H18FNO5S. The van der Waals surface area contributed by atoms with Gasteiger partial charge in [0.15, 0.2) is 0 Å². The van der Waals surface area contributed by atoms with Crippen LogP contribution in [0, 0.1) is 5.82 Å². The van der Waals surface area contributed by atoms with Crippen LogP contribution in [-0.2, 0) is 19.0 Å². The molecule has 1 aromatic carbocycles. The molecule has 0 unspecified atom stereocenters. The van der Waals surface area contributed by atoms with E-state index in [0.29, 0.717) is 31.6 Å². The Morgan fingerprint density at radius 1 is 1.32 bits per heavy atom. The number of nitrogens with zero attached hydrogens (tertiary/aromatic N) is 1. The van der Waals surface area contributed by atoms with Crippen LogP contribution in [0.1, 0.15) is 23.2 Å². The van der Waals surface area contributed by atoms with E-state index in [9.17, 15) is 17.6 Å². The lowest BCUT2D eigenvalue weighted by Crippen LogP contribution is -2.38. The van der Waals surface area contributed by atoms with Gasteiger partial charge in [-0.2, -0.15) is 8.42 Å². The Hall–Kier alpha value is -1.67. The van der Waals surface area contributed by atoms with Gasteiger partial charge in [-0.15, -0.1) is 0 Å². The van der Waals surface area contributed by atoms with Crippen LogP contribution in [0.15, 0.2) is 18.2 Å². The predicted octanol–water partition coefficient (Wildman–Crippen LogP) is 1.56. The summed E-state index contributed by atoms with van der Waals surface area (Å²) in [6.45, 7) is 0.962. The molecule has 1 aliphatic heterocycles. The van der Waals surface area contributed by atoms with Gasteiger partial charge in [0.2, 0.25) is 0 Å². The number of rotatable bonds is 4. The summed E-state index contributed by atoms with van der Waals surface area (Å²) in [6, 6.07) is 4.17. The van der Waals surface area contributed by atoms with Crippen LogP contribution in [0.4, 0.5) is 10.1 Å². The fourth-order valence-corrected chi connectivity index (χ4v) is 3.14. The lowest BCUT2D eigenvalue weighted by atomic mass is 10.1. The molecule has 1 heterocycles. The number of carbonyl (C=O) groups excluding carboxylic acids is 1. The smallest absolute Gasteiger partial charge is 0.337 e. The number of carbonyl (C=O) groups is 1. The molecule has 0 saturated carbocycles. The molecular weight excluding hydrogens is 313 g/mol. The Morgan fingerprint density at radius 3 is 2.45 bits per heavy atom. The maximum absolute atomic E-state index is 14.1. The van der Waals surface area contributed by atoms with Crippen molar-refractivity contribution in [3.8, 4) is 0 Å². The average Bonchev–Trinajstić information content (AvgIpc) is 2.46. The number of methoxy groups -OCH3 is 1. The number of esters is 1. The SMILES string of the molecule is COC(=O)c1ccc(N2CCC(OS(C)(=O)=O)CC2)c(F)c1. The summed E-state index contributed by atoms with van der Waals surface area (Å²) in [5.41, 5.74) is 0.532. The Balaban J connectivity index is 2.04. The van der Waals surface area contributed by atoms with Crippen molar-refractivity contribution in [3.05, 3.63) is 29.6 Å². The van der Waals surface area contributed by atoms with E-state index < -0.39 is 21.9 Å². The molecule has 1 fully saturated rings. The first-order chi connectivity index (χ1) is 10.3. The molecule has 6 nitrogen and oxygen atoms in total. The van der Waals surface area contributed by atoms with E-state index in [2.05, 4.69) is 4.74 Å². The number of anilines is 1. The quantitative estimate of drug-likeness (QED) is 0.616. The van der Waals surface area contributed by atoms with Crippen molar-refractivity contribution < 1.29 is 26.5 Å². The maximum Gasteiger partial charge on any atom is 0.337 e. The molecule has 0 amide bonds. The highest BCUT2D eigenvalue weighted by Gasteiger charge is 2.24. The minimum absolute atomic E-state index is 0.152. The largest absolute Gasteiger partial charge is 0.465 e. The number of halogens is 1. The first-order valence-electron chi connectivity index (χ1n) is 6.81. The average molecular weight is 331 g/mol. The van der Waals surface area contributed by atoms with Gasteiger partial charge in [0, 0.05) is 13.1 Å². The van der Waals surface area contributed by atoms with E-state index in [1.165, 1.54) is 19.2 Å². The molecule has 0 aliphatic carbocycles. The van der Waals surface area contributed by atoms with Gasteiger partial charge in [0.1, 0.15) is 5.82 Å². The van der Waals surface area contributed by atoms with Crippen molar-refractivity contribution in [2.45, 2.75) is 18.9 Å². The van der Waals surface area contributed by atoms with Crippen LogP contribution < -0.4 is 4.90 Å². The van der Waals surface area contributed by atoms with E-state index in [-0.39, 0.29) is 11.7 Å². The van der Waals surface area contributed by atoms with Gasteiger partial charge in [-0.3, -0.25) is 4.18 Å². The molecule has 0 bridgehead atoms. The molecule has 8 heteroatoms. The predicted molar refractivity (Wildman–Crippen MR) is 78.9 cm³/mol. The zero-order chi connectivity index (χ0) is 16.3. The molecule has 1 aliphatic rings. The van der Waals surface area contributed by atoms with E-state index in [0.717, 1.165) is 12.3 Å². The zero-order valence-corrected chi connectivity index (χ0v) is 13.2. The number of benzene rings is 1. The zero-order valence-electron chi connectivity index (χ0n) is 12.4. The monoisotopic (exact) mass is 331 g/mol. The summed E-state index contributed by atoms with van der Waals surface area (Å²) >= 11 is 0. The second-order valence-corrected chi connectivity index (χ2v) is 6.75. The van der Waals surface area contributed by atoms with Crippen molar-refractivity contribution in [2.75, 3.05) is 31.4 Å². The summed E-state index contributed by atoms with van der Waals surface area (Å²) in [6.07, 6.45) is 1.63. The van der Waals surface area contributed by atoms with Crippen LogP contribution >= 0.6 is 0 Å². The molecule has 0 radical (unpaired) electrons. The van der Waals surface area contributed by atoms with Gasteiger partial charge in [-0.1, -0.05) is 0 Å². The Kier molecular flexibility index (Phi) is 5.02. The molecule has 1 saturated heterocycles. The topological polar surface area (TPSA) is 72.9 Å². The highest BCUT2D eigenvalue weighted by atomic mass is 32.2. The Labute approximate surface area is 128 Å². The fraction of sp³-hybridized carbons (Fsp3) is 0.500. The van der Waals surface area contributed by atoms with Crippen LogP contribution in [0.2, 0.25) is 0 Å². The molecule has 22 heavy (non-hydrogen) atoms. The van der Waals surface area contributed by atoms with Crippen LogP contribution in [0.25, 0.3) is 0 Å². The lowest BCUT2D eigenvalue weighted by Gasteiger charge is -2.33. The Bertz CT molecular complexity index is 653. The van der Waals surface area contributed by atoms with Gasteiger partial charge in [-0.05, 0) is 31.0 Å². The van der Waals surface area contributed by atoms with Crippen molar-refractivity contribution in [1.29, 1.82) is 0 Å². The maximum atomic E-state index is 14.1. The number of piperidine rings is 1. The first kappa shape index (κ1) is 16.7. The highest BCUT2D eigenvalue weighted by molar-refractivity contribution is 7.86. The van der Waals surface area contributed by atoms with Gasteiger partial charge >= 0.3 is 5.97 Å². The molecule has 0 spiro atoms. The minimum atomic E-state index is -3.48. The third-order valence-electron chi connectivity index (χ3n) is 3.46. The van der Waals surface area contributed by atoms with Crippen LogP contribution in [-0.4, -0.2) is 46.9 Å². The molecule has 0 N–H and O–H groups in total. The third kappa shape index (κ3) is 4.17. The second kappa shape index (κ2) is 6.62. The summed E-state index contributed by atoms with van der Waals surface area (Å²) in [5, 5.41) is 0. The van der Waals surface area contributed by atoms with E-state index in [1.807, 2.05) is 0 Å². The van der Waals surface area contributed by atoms with E-state index in [4.69, 9.17) is 4.18 Å². The summed E-state index contributed by atoms with van der Waals surface area (Å²) in [7, 11) is -2.24. The van der Waals surface area contributed by atoms with Gasteiger partial charge < -0.3 is 9.64 Å². The van der Waals surface area contributed by atoms with Crippen molar-refractivity contribution in [3.63, 3.8) is 0 Å². The normalized spacial score (nSPS) is 16.6. The minimum Gasteiger partial charge on any atom is -0.465 e. The third-order valence-corrected chi connectivity index (χ3v) is 4.08. The molecule has 2 rings (SSSR count). The van der Waals surface area contributed by atoms with Gasteiger partial charge in [0.05, 0.1) is 30.7 Å². The second-order valence-electron chi connectivity index (χ2n) is 5.14. The highest BCUT2D eigenvalue weighted by Crippen LogP contribution is 2.25. The molecule has 0 atom stereocenters. The first-order valence-corrected chi connectivity index (χ1v) is 8.63. The standard InChI is InChI=1S/C14H18FNO5S/c1-20-14(17)10-3-4-13(12(15)9-10)16-7-5-11(6-8-16)21-22(2,18)19/h3-4,9,11H,5-8H2,1-2H3. The van der Waals surface area contributed by atoms with E-state index in [1.54, 1.807) is 4.90 Å². The lowest BCUT2D eigenvalue weighted by molar-refractivity contribution is 0.0600. The number of hydrogen-bond donors (Lipinski definition) is 0. The van der Waals surface area contributed by atoms with Crippen molar-refractivity contribution in [1.82, 2.24) is 0 Å².